The van der Waals surface area contributed by atoms with Crippen LogP contribution in [0.25, 0.3) is 6.08 Å². The highest BCUT2D eigenvalue weighted by Crippen LogP contribution is 2.31. The summed E-state index contributed by atoms with van der Waals surface area (Å²) in [5.74, 6) is -0.361. The molecule has 1 heterocycles. The first-order valence-electron chi connectivity index (χ1n) is 7.60. The summed E-state index contributed by atoms with van der Waals surface area (Å²) in [4.78, 5) is 37.2. The van der Waals surface area contributed by atoms with E-state index in [9.17, 15) is 14.4 Å². The summed E-state index contributed by atoms with van der Waals surface area (Å²) in [5, 5.41) is 2.42. The normalized spacial score (nSPS) is 16.3. The van der Waals surface area contributed by atoms with Gasteiger partial charge in [-0.1, -0.05) is 36.8 Å². The lowest BCUT2D eigenvalue weighted by Gasteiger charge is -2.12. The van der Waals surface area contributed by atoms with Crippen LogP contribution < -0.4 is 5.32 Å². The lowest BCUT2D eigenvalue weighted by Crippen LogP contribution is -2.37. The lowest BCUT2D eigenvalue weighted by molar-refractivity contribution is -0.124. The van der Waals surface area contributed by atoms with E-state index in [0.29, 0.717) is 11.3 Å². The van der Waals surface area contributed by atoms with Gasteiger partial charge in [0.25, 0.3) is 11.1 Å². The fourth-order valence-corrected chi connectivity index (χ4v) is 2.99. The number of benzene rings is 1. The minimum Gasteiger partial charge on any atom is -0.354 e. The second-order valence-corrected chi connectivity index (χ2v) is 6.34. The summed E-state index contributed by atoms with van der Waals surface area (Å²) >= 11 is 0.936. The molecule has 0 radical (unpaired) electrons. The minimum atomic E-state index is -0.301. The first kappa shape index (κ1) is 17.3. The summed E-state index contributed by atoms with van der Waals surface area (Å²) in [6, 6.07) is 7.74. The number of hydrogen-bond acceptors (Lipinski definition) is 4. The molecule has 2 rings (SSSR count). The molecule has 23 heavy (non-hydrogen) atoms. The Hall–Kier alpha value is -2.08. The van der Waals surface area contributed by atoms with Crippen molar-refractivity contribution in [2.45, 2.75) is 26.7 Å². The van der Waals surface area contributed by atoms with Gasteiger partial charge in [-0.15, -0.1) is 0 Å². The van der Waals surface area contributed by atoms with Crippen LogP contribution in [-0.4, -0.2) is 35.0 Å². The Kier molecular flexibility index (Phi) is 5.98. The van der Waals surface area contributed by atoms with Crippen molar-refractivity contribution in [3.63, 3.8) is 0 Å². The van der Waals surface area contributed by atoms with E-state index in [0.717, 1.165) is 29.3 Å². The summed E-state index contributed by atoms with van der Waals surface area (Å²) in [6.07, 6.45) is 2.95. The van der Waals surface area contributed by atoms with Gasteiger partial charge in [0.15, 0.2) is 0 Å². The Morgan fingerprint density at radius 3 is 2.61 bits per heavy atom. The Labute approximate surface area is 140 Å². The van der Waals surface area contributed by atoms with Gasteiger partial charge >= 0.3 is 0 Å². The summed E-state index contributed by atoms with van der Waals surface area (Å²) in [5.41, 5.74) is 2.02. The van der Waals surface area contributed by atoms with E-state index in [1.165, 1.54) is 4.90 Å². The number of rotatable bonds is 6. The average molecular weight is 332 g/mol. The maximum Gasteiger partial charge on any atom is 0.293 e. The van der Waals surface area contributed by atoms with Gasteiger partial charge in [-0.05, 0) is 36.7 Å². The molecule has 5 nitrogen and oxygen atoms in total. The zero-order valence-corrected chi connectivity index (χ0v) is 14.1. The van der Waals surface area contributed by atoms with Gasteiger partial charge in [0.05, 0.1) is 4.91 Å². The van der Waals surface area contributed by atoms with Gasteiger partial charge in [0.2, 0.25) is 5.91 Å². The van der Waals surface area contributed by atoms with Crippen LogP contribution in [0.1, 0.15) is 30.9 Å². The topological polar surface area (TPSA) is 66.5 Å². The monoisotopic (exact) mass is 332 g/mol. The summed E-state index contributed by atoms with van der Waals surface area (Å²) < 4.78 is 0. The van der Waals surface area contributed by atoms with Crippen molar-refractivity contribution >= 4 is 34.9 Å². The molecule has 0 spiro atoms. The van der Waals surface area contributed by atoms with Crippen molar-refractivity contribution in [1.29, 1.82) is 0 Å². The third-order valence-electron chi connectivity index (χ3n) is 3.38. The van der Waals surface area contributed by atoms with Gasteiger partial charge in [0, 0.05) is 19.5 Å². The van der Waals surface area contributed by atoms with Crippen LogP contribution in [-0.2, 0) is 9.59 Å². The second-order valence-electron chi connectivity index (χ2n) is 5.34. The predicted octanol–water partition coefficient (Wildman–Crippen LogP) is 2.95. The molecule has 1 aliphatic rings. The van der Waals surface area contributed by atoms with Crippen LogP contribution in [0.4, 0.5) is 4.79 Å². The van der Waals surface area contributed by atoms with E-state index in [1.54, 1.807) is 6.08 Å². The highest BCUT2D eigenvalue weighted by molar-refractivity contribution is 8.18. The molecule has 1 N–H and O–H groups in total. The van der Waals surface area contributed by atoms with E-state index in [-0.39, 0.29) is 30.1 Å². The van der Waals surface area contributed by atoms with Gasteiger partial charge < -0.3 is 5.32 Å². The SMILES string of the molecule is CCCC(=O)NCCN1C(=O)S/C(=C\c2ccc(C)cc2)C1=O. The molecule has 0 saturated carbocycles. The average Bonchev–Trinajstić information content (AvgIpc) is 2.77. The molecule has 0 aliphatic carbocycles. The van der Waals surface area contributed by atoms with Crippen molar-refractivity contribution in [1.82, 2.24) is 10.2 Å². The highest BCUT2D eigenvalue weighted by Gasteiger charge is 2.34. The van der Waals surface area contributed by atoms with E-state index in [2.05, 4.69) is 5.32 Å². The number of amides is 3. The van der Waals surface area contributed by atoms with Crippen LogP contribution in [0, 0.1) is 6.92 Å². The van der Waals surface area contributed by atoms with Crippen molar-refractivity contribution in [3.8, 4) is 0 Å². The highest BCUT2D eigenvalue weighted by atomic mass is 32.2. The molecule has 0 aromatic heterocycles. The Morgan fingerprint density at radius 2 is 1.96 bits per heavy atom. The number of aryl methyl sites for hydroxylation is 1. The van der Waals surface area contributed by atoms with E-state index in [1.807, 2.05) is 38.1 Å². The first-order valence-corrected chi connectivity index (χ1v) is 8.41. The Morgan fingerprint density at radius 1 is 1.26 bits per heavy atom. The number of carbonyl (C=O) groups excluding carboxylic acids is 3. The van der Waals surface area contributed by atoms with Crippen LogP contribution in [0.5, 0.6) is 0 Å². The van der Waals surface area contributed by atoms with Crippen LogP contribution in [0.2, 0.25) is 0 Å². The standard InChI is InChI=1S/C17H20N2O3S/c1-3-4-15(20)18-9-10-19-16(21)14(23-17(19)22)11-13-7-5-12(2)6-8-13/h5-8,11H,3-4,9-10H2,1-2H3,(H,18,20)/b14-11-. The number of carbonyl (C=O) groups is 3. The van der Waals surface area contributed by atoms with Crippen LogP contribution in [0.3, 0.4) is 0 Å². The molecule has 1 saturated heterocycles. The van der Waals surface area contributed by atoms with Crippen molar-refractivity contribution in [3.05, 3.63) is 40.3 Å². The molecule has 122 valence electrons. The number of hydrogen-bond donors (Lipinski definition) is 1. The van der Waals surface area contributed by atoms with Crippen molar-refractivity contribution in [2.75, 3.05) is 13.1 Å². The first-order chi connectivity index (χ1) is 11.0. The van der Waals surface area contributed by atoms with Crippen molar-refractivity contribution < 1.29 is 14.4 Å². The molecule has 1 aromatic carbocycles. The maximum atomic E-state index is 12.3. The second kappa shape index (κ2) is 7.97. The molecule has 0 unspecified atom stereocenters. The van der Waals surface area contributed by atoms with E-state index >= 15 is 0 Å². The van der Waals surface area contributed by atoms with Crippen molar-refractivity contribution in [2.24, 2.45) is 0 Å². The van der Waals surface area contributed by atoms with Gasteiger partial charge in [-0.3, -0.25) is 19.3 Å². The Balaban J connectivity index is 1.96. The molecule has 0 bridgehead atoms. The molecule has 1 aromatic rings. The Bertz CT molecular complexity index is 638. The largest absolute Gasteiger partial charge is 0.354 e. The minimum absolute atomic E-state index is 0.0605. The molecule has 1 fully saturated rings. The maximum absolute atomic E-state index is 12.3. The van der Waals surface area contributed by atoms with Gasteiger partial charge in [0.1, 0.15) is 0 Å². The zero-order chi connectivity index (χ0) is 16.8. The fraction of sp³-hybridized carbons (Fsp3) is 0.353. The van der Waals surface area contributed by atoms with E-state index in [4.69, 9.17) is 0 Å². The smallest absolute Gasteiger partial charge is 0.293 e. The van der Waals surface area contributed by atoms with Crippen LogP contribution in [0.15, 0.2) is 29.2 Å². The number of imide groups is 1. The van der Waals surface area contributed by atoms with Gasteiger partial charge in [-0.2, -0.15) is 0 Å². The molecule has 6 heteroatoms. The molecule has 3 amide bonds. The predicted molar refractivity (Wildman–Crippen MR) is 91.8 cm³/mol. The third-order valence-corrected chi connectivity index (χ3v) is 4.29. The fourth-order valence-electron chi connectivity index (χ4n) is 2.13. The van der Waals surface area contributed by atoms with Gasteiger partial charge in [-0.25, -0.2) is 0 Å². The molecule has 1 aliphatic heterocycles. The summed E-state index contributed by atoms with van der Waals surface area (Å²) in [6.45, 7) is 4.40. The summed E-state index contributed by atoms with van der Waals surface area (Å²) in [7, 11) is 0. The zero-order valence-electron chi connectivity index (χ0n) is 13.3. The lowest BCUT2D eigenvalue weighted by atomic mass is 10.1. The van der Waals surface area contributed by atoms with Crippen LogP contribution >= 0.6 is 11.8 Å². The number of thioether (sulfide) groups is 1. The molecule has 0 atom stereocenters. The molecular formula is C17H20N2O3S. The molecular weight excluding hydrogens is 312 g/mol. The van der Waals surface area contributed by atoms with E-state index < -0.39 is 0 Å². The number of nitrogens with one attached hydrogen (secondary N) is 1. The third kappa shape index (κ3) is 4.69. The quantitative estimate of drug-likeness (QED) is 0.813. The number of nitrogens with zero attached hydrogens (tertiary/aromatic N) is 1.